The minimum Gasteiger partial charge on any atom is -0.330 e. The Hall–Kier alpha value is -2.38. The number of nitrogens with zero attached hydrogens (tertiary/aromatic N) is 4. The number of hydrogen-bond acceptors (Lipinski definition) is 3. The van der Waals surface area contributed by atoms with Gasteiger partial charge in [0.25, 0.3) is 0 Å². The summed E-state index contributed by atoms with van der Waals surface area (Å²) < 4.78 is 3.65. The lowest BCUT2D eigenvalue weighted by Gasteiger charge is -2.09. The number of nitrogens with one attached hydrogen (secondary N) is 2. The second kappa shape index (κ2) is 7.25. The minimum atomic E-state index is 0.501. The Bertz CT molecular complexity index is 914. The molecule has 2 N–H and O–H groups in total. The molecule has 2 aromatic heterocycles. The summed E-state index contributed by atoms with van der Waals surface area (Å²) in [5.74, 6) is 0. The van der Waals surface area contributed by atoms with Crippen LogP contribution < -0.4 is 10.6 Å². The first-order valence-electron chi connectivity index (χ1n) is 7.77. The Labute approximate surface area is 156 Å². The van der Waals surface area contributed by atoms with E-state index in [0.717, 1.165) is 33.3 Å². The Morgan fingerprint density at radius 3 is 2.76 bits per heavy atom. The highest BCUT2D eigenvalue weighted by Crippen LogP contribution is 2.19. The van der Waals surface area contributed by atoms with Gasteiger partial charge in [-0.25, -0.2) is 0 Å². The number of aryl methyl sites for hydroxylation is 2. The summed E-state index contributed by atoms with van der Waals surface area (Å²) in [5, 5.41) is 16.3. The molecule has 0 amide bonds. The van der Waals surface area contributed by atoms with Crippen LogP contribution in [0.2, 0.25) is 5.02 Å². The van der Waals surface area contributed by atoms with Crippen LogP contribution in [0.3, 0.4) is 0 Å². The Balaban J connectivity index is 1.64. The lowest BCUT2D eigenvalue weighted by molar-refractivity contribution is 0.687. The maximum absolute atomic E-state index is 6.02. The molecule has 0 unspecified atom stereocenters. The van der Waals surface area contributed by atoms with Crippen molar-refractivity contribution in [3.63, 3.8) is 0 Å². The number of thiocarbonyl (C=S) groups is 1. The van der Waals surface area contributed by atoms with Crippen LogP contribution in [0.15, 0.2) is 36.7 Å². The zero-order valence-corrected chi connectivity index (χ0v) is 15.8. The molecule has 25 heavy (non-hydrogen) atoms. The maximum Gasteiger partial charge on any atom is 0.175 e. The summed E-state index contributed by atoms with van der Waals surface area (Å²) in [5.41, 5.74) is 4.76. The molecule has 0 bridgehead atoms. The number of halogens is 1. The van der Waals surface area contributed by atoms with Crippen molar-refractivity contribution in [1.29, 1.82) is 0 Å². The molecule has 0 radical (unpaired) electrons. The van der Waals surface area contributed by atoms with Crippen molar-refractivity contribution in [3.8, 4) is 0 Å². The van der Waals surface area contributed by atoms with E-state index in [1.807, 2.05) is 60.7 Å². The summed E-state index contributed by atoms with van der Waals surface area (Å²) in [6, 6.07) is 7.73. The predicted octanol–water partition coefficient (Wildman–Crippen LogP) is 3.74. The summed E-state index contributed by atoms with van der Waals surface area (Å²) in [7, 11) is 1.91. The van der Waals surface area contributed by atoms with Crippen LogP contribution in [0.5, 0.6) is 0 Å². The molecule has 1 aromatic carbocycles. The van der Waals surface area contributed by atoms with Crippen LogP contribution >= 0.6 is 23.8 Å². The third-order valence-corrected chi connectivity index (χ3v) is 4.31. The van der Waals surface area contributed by atoms with E-state index < -0.39 is 0 Å². The van der Waals surface area contributed by atoms with Gasteiger partial charge < -0.3 is 10.6 Å². The molecule has 130 valence electrons. The largest absolute Gasteiger partial charge is 0.330 e. The molecule has 0 spiro atoms. The van der Waals surface area contributed by atoms with Crippen molar-refractivity contribution in [2.75, 3.05) is 10.6 Å². The molecule has 6 nitrogen and oxygen atoms in total. The first-order chi connectivity index (χ1) is 11.9. The van der Waals surface area contributed by atoms with Gasteiger partial charge in [0.15, 0.2) is 5.11 Å². The molecule has 0 saturated heterocycles. The van der Waals surface area contributed by atoms with Crippen LogP contribution in [0.25, 0.3) is 0 Å². The predicted molar refractivity (Wildman–Crippen MR) is 105 cm³/mol. The highest BCUT2D eigenvalue weighted by Gasteiger charge is 2.11. The molecule has 0 aliphatic carbocycles. The standard InChI is InChI=1S/C17H19ClN6S/c1-11-16(12(2)23(3)22-11)21-17(25)20-15-8-19-24(10-15)9-13-5-4-6-14(18)7-13/h4-8,10H,9H2,1-3H3,(H2,20,21,25). The average Bonchev–Trinajstić information content (AvgIpc) is 3.07. The SMILES string of the molecule is Cc1nn(C)c(C)c1NC(=S)Nc1cnn(Cc2cccc(Cl)c2)c1. The van der Waals surface area contributed by atoms with E-state index in [1.165, 1.54) is 0 Å². The lowest BCUT2D eigenvalue weighted by atomic mass is 10.2. The van der Waals surface area contributed by atoms with Crippen molar-refractivity contribution in [2.24, 2.45) is 7.05 Å². The van der Waals surface area contributed by atoms with Crippen molar-refractivity contribution in [1.82, 2.24) is 19.6 Å². The Morgan fingerprint density at radius 1 is 1.28 bits per heavy atom. The van der Waals surface area contributed by atoms with Gasteiger partial charge in [-0.1, -0.05) is 23.7 Å². The zero-order chi connectivity index (χ0) is 18.0. The molecular formula is C17H19ClN6S. The van der Waals surface area contributed by atoms with Gasteiger partial charge in [0.05, 0.1) is 35.5 Å². The third kappa shape index (κ3) is 4.18. The quantitative estimate of drug-likeness (QED) is 0.681. The van der Waals surface area contributed by atoms with Gasteiger partial charge in [-0.3, -0.25) is 9.36 Å². The third-order valence-electron chi connectivity index (χ3n) is 3.87. The molecule has 0 aliphatic rings. The molecule has 3 aromatic rings. The monoisotopic (exact) mass is 374 g/mol. The lowest BCUT2D eigenvalue weighted by Crippen LogP contribution is -2.19. The fourth-order valence-corrected chi connectivity index (χ4v) is 3.00. The molecule has 0 saturated carbocycles. The van der Waals surface area contributed by atoms with Crippen LogP contribution in [0.1, 0.15) is 17.0 Å². The van der Waals surface area contributed by atoms with Gasteiger partial charge in [0.2, 0.25) is 0 Å². The summed E-state index contributed by atoms with van der Waals surface area (Å²) >= 11 is 11.4. The van der Waals surface area contributed by atoms with Crippen molar-refractivity contribution < 1.29 is 0 Å². The first-order valence-corrected chi connectivity index (χ1v) is 8.56. The Morgan fingerprint density at radius 2 is 2.08 bits per heavy atom. The van der Waals surface area contributed by atoms with Gasteiger partial charge in [-0.15, -0.1) is 0 Å². The van der Waals surface area contributed by atoms with E-state index in [1.54, 1.807) is 6.20 Å². The summed E-state index contributed by atoms with van der Waals surface area (Å²) in [4.78, 5) is 0. The number of aromatic nitrogens is 4. The van der Waals surface area contributed by atoms with Gasteiger partial charge in [0.1, 0.15) is 0 Å². The Kier molecular flexibility index (Phi) is 5.06. The topological polar surface area (TPSA) is 59.7 Å². The molecule has 3 rings (SSSR count). The summed E-state index contributed by atoms with van der Waals surface area (Å²) in [6.45, 7) is 4.58. The van der Waals surface area contributed by atoms with E-state index in [0.29, 0.717) is 11.7 Å². The van der Waals surface area contributed by atoms with E-state index >= 15 is 0 Å². The average molecular weight is 375 g/mol. The molecule has 2 heterocycles. The van der Waals surface area contributed by atoms with Crippen molar-refractivity contribution in [2.45, 2.75) is 20.4 Å². The maximum atomic E-state index is 6.02. The van der Waals surface area contributed by atoms with Crippen LogP contribution in [0, 0.1) is 13.8 Å². The zero-order valence-electron chi connectivity index (χ0n) is 14.2. The fourth-order valence-electron chi connectivity index (χ4n) is 2.57. The highest BCUT2D eigenvalue weighted by molar-refractivity contribution is 7.80. The number of rotatable bonds is 4. The van der Waals surface area contributed by atoms with Gasteiger partial charge in [-0.05, 0) is 43.8 Å². The van der Waals surface area contributed by atoms with Crippen LogP contribution in [-0.2, 0) is 13.6 Å². The normalized spacial score (nSPS) is 10.7. The van der Waals surface area contributed by atoms with Gasteiger partial charge >= 0.3 is 0 Å². The number of hydrogen-bond donors (Lipinski definition) is 2. The molecular weight excluding hydrogens is 356 g/mol. The summed E-state index contributed by atoms with van der Waals surface area (Å²) in [6.07, 6.45) is 3.64. The number of anilines is 2. The molecule has 0 atom stereocenters. The molecule has 0 aliphatic heterocycles. The molecule has 8 heteroatoms. The highest BCUT2D eigenvalue weighted by atomic mass is 35.5. The number of benzene rings is 1. The van der Waals surface area contributed by atoms with E-state index in [9.17, 15) is 0 Å². The smallest absolute Gasteiger partial charge is 0.175 e. The second-order valence-corrected chi connectivity index (χ2v) is 6.65. The van der Waals surface area contributed by atoms with Crippen LogP contribution in [-0.4, -0.2) is 24.7 Å². The van der Waals surface area contributed by atoms with E-state index in [4.69, 9.17) is 23.8 Å². The van der Waals surface area contributed by atoms with E-state index in [-0.39, 0.29) is 0 Å². The minimum absolute atomic E-state index is 0.501. The van der Waals surface area contributed by atoms with E-state index in [2.05, 4.69) is 20.8 Å². The molecule has 0 fully saturated rings. The first kappa shape index (κ1) is 17.4. The fraction of sp³-hybridized carbons (Fsp3) is 0.235. The van der Waals surface area contributed by atoms with Crippen molar-refractivity contribution in [3.05, 3.63) is 58.6 Å². The van der Waals surface area contributed by atoms with Crippen LogP contribution in [0.4, 0.5) is 11.4 Å². The van der Waals surface area contributed by atoms with Crippen molar-refractivity contribution >= 4 is 40.3 Å². The second-order valence-electron chi connectivity index (χ2n) is 5.81. The van der Waals surface area contributed by atoms with Gasteiger partial charge in [-0.2, -0.15) is 10.2 Å². The van der Waals surface area contributed by atoms with Gasteiger partial charge in [0, 0.05) is 18.3 Å².